The van der Waals surface area contributed by atoms with Gasteiger partial charge in [-0.15, -0.1) is 0 Å². The van der Waals surface area contributed by atoms with Crippen LogP contribution in [0.15, 0.2) is 24.3 Å². The zero-order valence-corrected chi connectivity index (χ0v) is 12.1. The zero-order valence-electron chi connectivity index (χ0n) is 10.6. The van der Waals surface area contributed by atoms with E-state index in [9.17, 15) is 0 Å². The second-order valence-corrected chi connectivity index (χ2v) is 4.63. The smallest absolute Gasteiger partial charge is 0.224 e. The number of benzene rings is 1. The van der Waals surface area contributed by atoms with Gasteiger partial charge in [-0.1, -0.05) is 30.1 Å². The highest BCUT2D eigenvalue weighted by molar-refractivity contribution is 6.34. The summed E-state index contributed by atoms with van der Waals surface area (Å²) in [6.45, 7) is 1.98. The summed E-state index contributed by atoms with van der Waals surface area (Å²) in [5.41, 5.74) is 0. The highest BCUT2D eigenvalue weighted by Crippen LogP contribution is 2.31. The summed E-state index contributed by atoms with van der Waals surface area (Å²) in [5, 5.41) is 4.00. The molecule has 0 bridgehead atoms. The summed E-state index contributed by atoms with van der Waals surface area (Å²) >= 11 is 12.0. The van der Waals surface area contributed by atoms with Gasteiger partial charge in [0.25, 0.3) is 0 Å². The molecular weight excluding hydrogens is 285 g/mol. The van der Waals surface area contributed by atoms with Crippen molar-refractivity contribution < 1.29 is 4.74 Å². The van der Waals surface area contributed by atoms with Crippen molar-refractivity contribution in [3.05, 3.63) is 40.1 Å². The van der Waals surface area contributed by atoms with Crippen LogP contribution in [-0.4, -0.2) is 17.0 Å². The maximum atomic E-state index is 6.05. The van der Waals surface area contributed by atoms with Crippen molar-refractivity contribution in [2.75, 3.05) is 12.4 Å². The fourth-order valence-corrected chi connectivity index (χ4v) is 1.80. The first-order chi connectivity index (χ1) is 9.12. The SMILES string of the molecule is CCc1nc(NC)cc(Oc2cc(Cl)ccc2Cl)n1. The average molecular weight is 298 g/mol. The molecule has 0 atom stereocenters. The molecule has 0 aliphatic carbocycles. The Morgan fingerprint density at radius 1 is 1.21 bits per heavy atom. The Bertz CT molecular complexity index is 568. The standard InChI is InChI=1S/C13H13Cl2N3O/c1-3-11-17-12(16-2)7-13(18-11)19-10-6-8(14)4-5-9(10)15/h4-7H,3H2,1-2H3,(H,16,17,18). The summed E-state index contributed by atoms with van der Waals surface area (Å²) in [5.74, 6) is 2.29. The molecule has 2 rings (SSSR count). The van der Waals surface area contributed by atoms with E-state index in [1.807, 2.05) is 6.92 Å². The van der Waals surface area contributed by atoms with Gasteiger partial charge in [-0.2, -0.15) is 4.98 Å². The van der Waals surface area contributed by atoms with Gasteiger partial charge in [-0.25, -0.2) is 4.98 Å². The summed E-state index contributed by atoms with van der Waals surface area (Å²) in [7, 11) is 1.79. The van der Waals surface area contributed by atoms with Crippen LogP contribution in [0.5, 0.6) is 11.6 Å². The monoisotopic (exact) mass is 297 g/mol. The van der Waals surface area contributed by atoms with Crippen LogP contribution in [0.2, 0.25) is 10.0 Å². The van der Waals surface area contributed by atoms with Crippen LogP contribution in [0.25, 0.3) is 0 Å². The summed E-state index contributed by atoms with van der Waals surface area (Å²) in [4.78, 5) is 8.58. The Labute approximate surface area is 121 Å². The number of rotatable bonds is 4. The third-order valence-corrected chi connectivity index (χ3v) is 2.98. The van der Waals surface area contributed by atoms with Crippen molar-refractivity contribution in [1.29, 1.82) is 0 Å². The Hall–Kier alpha value is -1.52. The van der Waals surface area contributed by atoms with Crippen LogP contribution in [0, 0.1) is 0 Å². The Morgan fingerprint density at radius 2 is 2.00 bits per heavy atom. The number of nitrogens with zero attached hydrogens (tertiary/aromatic N) is 2. The molecule has 0 unspecified atom stereocenters. The van der Waals surface area contributed by atoms with Gasteiger partial charge in [0.1, 0.15) is 17.4 Å². The van der Waals surface area contributed by atoms with E-state index >= 15 is 0 Å². The minimum absolute atomic E-state index is 0.431. The third kappa shape index (κ3) is 3.49. The third-order valence-electron chi connectivity index (χ3n) is 2.43. The van der Waals surface area contributed by atoms with Crippen molar-refractivity contribution in [3.63, 3.8) is 0 Å². The predicted molar refractivity (Wildman–Crippen MR) is 77.5 cm³/mol. The molecule has 0 saturated heterocycles. The molecular formula is C13H13Cl2N3O. The Morgan fingerprint density at radius 3 is 2.68 bits per heavy atom. The highest BCUT2D eigenvalue weighted by atomic mass is 35.5. The maximum absolute atomic E-state index is 6.05. The molecule has 2 aromatic rings. The molecule has 0 fully saturated rings. The highest BCUT2D eigenvalue weighted by Gasteiger charge is 2.08. The first-order valence-electron chi connectivity index (χ1n) is 5.81. The lowest BCUT2D eigenvalue weighted by Crippen LogP contribution is -2.01. The van der Waals surface area contributed by atoms with E-state index < -0.39 is 0 Å². The molecule has 6 heteroatoms. The van der Waals surface area contributed by atoms with Gasteiger partial charge in [-0.3, -0.25) is 0 Å². The molecule has 4 nitrogen and oxygen atoms in total. The second-order valence-electron chi connectivity index (χ2n) is 3.79. The van der Waals surface area contributed by atoms with Crippen LogP contribution in [0.3, 0.4) is 0 Å². The molecule has 19 heavy (non-hydrogen) atoms. The molecule has 1 heterocycles. The van der Waals surface area contributed by atoms with Crippen molar-refractivity contribution in [1.82, 2.24) is 9.97 Å². The number of hydrogen-bond donors (Lipinski definition) is 1. The fraction of sp³-hybridized carbons (Fsp3) is 0.231. The Kier molecular flexibility index (Phi) is 4.45. The average Bonchev–Trinajstić information content (AvgIpc) is 2.42. The van der Waals surface area contributed by atoms with Crippen molar-refractivity contribution in [2.45, 2.75) is 13.3 Å². The van der Waals surface area contributed by atoms with Gasteiger partial charge in [0.15, 0.2) is 0 Å². The van der Waals surface area contributed by atoms with Crippen molar-refractivity contribution in [3.8, 4) is 11.6 Å². The summed E-state index contributed by atoms with van der Waals surface area (Å²) in [6.07, 6.45) is 0.717. The van der Waals surface area contributed by atoms with Crippen LogP contribution in [0.1, 0.15) is 12.7 Å². The number of halogens is 2. The summed E-state index contributed by atoms with van der Waals surface area (Å²) in [6, 6.07) is 6.74. The molecule has 1 aromatic carbocycles. The largest absolute Gasteiger partial charge is 0.437 e. The normalized spacial score (nSPS) is 10.3. The maximum Gasteiger partial charge on any atom is 0.224 e. The number of anilines is 1. The van der Waals surface area contributed by atoms with Crippen LogP contribution in [-0.2, 0) is 6.42 Å². The Balaban J connectivity index is 2.34. The van der Waals surface area contributed by atoms with E-state index in [4.69, 9.17) is 27.9 Å². The van der Waals surface area contributed by atoms with Crippen LogP contribution < -0.4 is 10.1 Å². The van der Waals surface area contributed by atoms with E-state index in [0.29, 0.717) is 33.3 Å². The number of hydrogen-bond acceptors (Lipinski definition) is 4. The quantitative estimate of drug-likeness (QED) is 0.919. The topological polar surface area (TPSA) is 47.0 Å². The van der Waals surface area contributed by atoms with E-state index in [1.165, 1.54) is 0 Å². The zero-order chi connectivity index (χ0) is 13.8. The van der Waals surface area contributed by atoms with Gasteiger partial charge >= 0.3 is 0 Å². The van der Waals surface area contributed by atoms with E-state index in [0.717, 1.165) is 6.42 Å². The van der Waals surface area contributed by atoms with Gasteiger partial charge in [0.05, 0.1) is 5.02 Å². The number of aryl methyl sites for hydroxylation is 1. The summed E-state index contributed by atoms with van der Waals surface area (Å²) < 4.78 is 5.67. The van der Waals surface area contributed by atoms with E-state index in [-0.39, 0.29) is 0 Å². The molecule has 1 aromatic heterocycles. The molecule has 0 aliphatic heterocycles. The van der Waals surface area contributed by atoms with Crippen molar-refractivity contribution >= 4 is 29.0 Å². The van der Waals surface area contributed by atoms with Gasteiger partial charge < -0.3 is 10.1 Å². The number of nitrogens with one attached hydrogen (secondary N) is 1. The lowest BCUT2D eigenvalue weighted by atomic mass is 10.3. The van der Waals surface area contributed by atoms with Crippen LogP contribution in [0.4, 0.5) is 5.82 Å². The molecule has 0 radical (unpaired) electrons. The molecule has 0 spiro atoms. The number of aromatic nitrogens is 2. The first kappa shape index (κ1) is 13.9. The first-order valence-corrected chi connectivity index (χ1v) is 6.56. The lowest BCUT2D eigenvalue weighted by Gasteiger charge is -2.09. The minimum atomic E-state index is 0.431. The minimum Gasteiger partial charge on any atom is -0.437 e. The number of ether oxygens (including phenoxy) is 1. The van der Waals surface area contributed by atoms with Gasteiger partial charge in [0, 0.05) is 30.6 Å². The second kappa shape index (κ2) is 6.08. The van der Waals surface area contributed by atoms with Crippen LogP contribution >= 0.6 is 23.2 Å². The molecule has 0 aliphatic rings. The molecule has 0 amide bonds. The molecule has 0 saturated carbocycles. The van der Waals surface area contributed by atoms with Gasteiger partial charge in [-0.05, 0) is 12.1 Å². The lowest BCUT2D eigenvalue weighted by molar-refractivity contribution is 0.459. The van der Waals surface area contributed by atoms with Crippen molar-refractivity contribution in [2.24, 2.45) is 0 Å². The fourth-order valence-electron chi connectivity index (χ4n) is 1.48. The predicted octanol–water partition coefficient (Wildman–Crippen LogP) is 4.18. The van der Waals surface area contributed by atoms with E-state index in [2.05, 4.69) is 15.3 Å². The molecule has 100 valence electrons. The molecule has 1 N–H and O–H groups in total. The van der Waals surface area contributed by atoms with E-state index in [1.54, 1.807) is 31.3 Å². The van der Waals surface area contributed by atoms with Gasteiger partial charge in [0.2, 0.25) is 5.88 Å².